The van der Waals surface area contributed by atoms with E-state index in [-0.39, 0.29) is 28.3 Å². The van der Waals surface area contributed by atoms with Gasteiger partial charge in [-0.2, -0.15) is 0 Å². The number of nitrogens with zero attached hydrogens (tertiary/aromatic N) is 3. The maximum absolute atomic E-state index is 12.5. The van der Waals surface area contributed by atoms with Gasteiger partial charge in [-0.05, 0) is 0 Å². The largest absolute Gasteiger partial charge is 0.493 e. The zero-order valence-corrected chi connectivity index (χ0v) is 14.2. The molecule has 3 rings (SSSR count). The molecule has 4 N–H and O–H groups in total. The summed E-state index contributed by atoms with van der Waals surface area (Å²) in [6.45, 7) is 2.82. The monoisotopic (exact) mass is 361 g/mol. The molecule has 4 atom stereocenters. The molecule has 0 radical (unpaired) electrons. The highest BCUT2D eigenvalue weighted by Crippen LogP contribution is 2.41. The summed E-state index contributed by atoms with van der Waals surface area (Å²) in [5.74, 6) is 1.05. The second-order valence-corrected chi connectivity index (χ2v) is 6.49. The summed E-state index contributed by atoms with van der Waals surface area (Å²) >= 11 is 0. The summed E-state index contributed by atoms with van der Waals surface area (Å²) in [5, 5.41) is 40.5. The van der Waals surface area contributed by atoms with Gasteiger partial charge < -0.3 is 29.7 Å². The maximum Gasteiger partial charge on any atom is 0.224 e. The Hall–Kier alpha value is -2.51. The van der Waals surface area contributed by atoms with Crippen molar-refractivity contribution in [2.45, 2.75) is 37.9 Å². The molecular weight excluding hydrogens is 342 g/mol. The van der Waals surface area contributed by atoms with Gasteiger partial charge in [0.05, 0.1) is 17.6 Å². The fraction of sp³-hybridized carbons (Fsp3) is 0.471. The molecule has 2 aromatic rings. The van der Waals surface area contributed by atoms with Crippen LogP contribution in [0.4, 0.5) is 0 Å². The van der Waals surface area contributed by atoms with E-state index in [4.69, 9.17) is 11.2 Å². The number of aromatic nitrogens is 3. The van der Waals surface area contributed by atoms with Crippen molar-refractivity contribution in [3.63, 3.8) is 0 Å². The third kappa shape index (κ3) is 2.47. The van der Waals surface area contributed by atoms with Gasteiger partial charge in [0.2, 0.25) is 5.88 Å². The molecule has 0 spiro atoms. The molecule has 1 saturated heterocycles. The average Bonchev–Trinajstić information content (AvgIpc) is 3.12. The number of fused-ring (bicyclic) bond motifs is 1. The minimum Gasteiger partial charge on any atom is -0.493 e. The fourth-order valence-corrected chi connectivity index (χ4v) is 3.10. The number of carbonyl (C=O) groups excluding carboxylic acids is 1. The lowest BCUT2D eigenvalue weighted by Crippen LogP contribution is -2.45. The number of hydrogen-bond donors (Lipinski definition) is 4. The maximum atomic E-state index is 12.5. The van der Waals surface area contributed by atoms with Gasteiger partial charge in [-0.1, -0.05) is 19.8 Å². The normalized spacial score (nSPS) is 28.6. The van der Waals surface area contributed by atoms with Gasteiger partial charge >= 0.3 is 0 Å². The summed E-state index contributed by atoms with van der Waals surface area (Å²) < 4.78 is 6.80. The number of hydrogen-bond acceptors (Lipinski definition) is 8. The van der Waals surface area contributed by atoms with E-state index < -0.39 is 36.5 Å². The smallest absolute Gasteiger partial charge is 0.224 e. The van der Waals surface area contributed by atoms with Crippen LogP contribution < -0.4 is 0 Å². The predicted octanol–water partition coefficient (Wildman–Crippen LogP) is -0.410. The Morgan fingerprint density at radius 1 is 1.50 bits per heavy atom. The summed E-state index contributed by atoms with van der Waals surface area (Å²) in [6.07, 6.45) is 3.83. The number of ether oxygens (including phenoxy) is 1. The van der Waals surface area contributed by atoms with Gasteiger partial charge in [0.25, 0.3) is 0 Å². The Balaban J connectivity index is 2.25. The van der Waals surface area contributed by atoms with Gasteiger partial charge in [-0.15, -0.1) is 6.42 Å². The van der Waals surface area contributed by atoms with Gasteiger partial charge in [-0.25, -0.2) is 9.97 Å². The van der Waals surface area contributed by atoms with Crippen molar-refractivity contribution in [1.82, 2.24) is 14.5 Å². The minimum atomic E-state index is -2.17. The molecule has 1 aliphatic heterocycles. The zero-order valence-electron chi connectivity index (χ0n) is 14.2. The summed E-state index contributed by atoms with van der Waals surface area (Å²) in [4.78, 5) is 20.3. The van der Waals surface area contributed by atoms with Gasteiger partial charge in [0.15, 0.2) is 17.6 Å². The molecule has 138 valence electrons. The highest BCUT2D eigenvalue weighted by atomic mass is 16.6. The first-order chi connectivity index (χ1) is 12.3. The average molecular weight is 361 g/mol. The molecule has 0 unspecified atom stereocenters. The van der Waals surface area contributed by atoms with E-state index in [2.05, 4.69) is 15.9 Å². The summed E-state index contributed by atoms with van der Waals surface area (Å²) in [6, 6.07) is 0. The standard InChI is InChI=1S/C17H19N3O6/c1-4-17(25)13(23)10(6-21)26-16(17)20-5-9(12(22)8(2)3)11-14(20)18-7-19-15(11)24/h1,5,7-8,10,13,16,21,23,25H,6H2,2-3H3,(H,18,19,24)/t10-,13-,16-,17+/m1/s1. The lowest BCUT2D eigenvalue weighted by Gasteiger charge is -2.26. The highest BCUT2D eigenvalue weighted by Gasteiger charge is 2.55. The first-order valence-corrected chi connectivity index (χ1v) is 7.99. The molecule has 0 amide bonds. The molecule has 0 aromatic carbocycles. The topological polar surface area (TPSA) is 138 Å². The van der Waals surface area contributed by atoms with Crippen molar-refractivity contribution >= 4 is 16.8 Å². The lowest BCUT2D eigenvalue weighted by molar-refractivity contribution is -0.0718. The third-order valence-corrected chi connectivity index (χ3v) is 4.53. The van der Waals surface area contributed by atoms with Crippen LogP contribution in [0.15, 0.2) is 12.5 Å². The number of carbonyl (C=O) groups is 1. The molecule has 9 heteroatoms. The Morgan fingerprint density at radius 3 is 2.77 bits per heavy atom. The second-order valence-electron chi connectivity index (χ2n) is 6.49. The molecule has 0 saturated carbocycles. The molecular formula is C17H19N3O6. The molecule has 0 aliphatic carbocycles. The Morgan fingerprint density at radius 2 is 2.19 bits per heavy atom. The van der Waals surface area contributed by atoms with Gasteiger partial charge in [0.1, 0.15) is 24.2 Å². The van der Waals surface area contributed by atoms with Gasteiger partial charge in [-0.3, -0.25) is 4.79 Å². The van der Waals surface area contributed by atoms with Crippen molar-refractivity contribution in [3.8, 4) is 18.2 Å². The molecule has 9 nitrogen and oxygen atoms in total. The van der Waals surface area contributed by atoms with Crippen molar-refractivity contribution in [2.24, 2.45) is 5.92 Å². The first kappa shape index (κ1) is 18.3. The molecule has 26 heavy (non-hydrogen) atoms. The fourth-order valence-electron chi connectivity index (χ4n) is 3.10. The Labute approximate surface area is 148 Å². The molecule has 3 heterocycles. The number of rotatable bonds is 4. The third-order valence-electron chi connectivity index (χ3n) is 4.53. The van der Waals surface area contributed by atoms with Crippen molar-refractivity contribution in [3.05, 3.63) is 18.1 Å². The van der Waals surface area contributed by atoms with E-state index in [1.165, 1.54) is 10.8 Å². The van der Waals surface area contributed by atoms with Crippen LogP contribution in [0.5, 0.6) is 5.88 Å². The van der Waals surface area contributed by atoms with Crippen molar-refractivity contribution in [1.29, 1.82) is 0 Å². The number of ketones is 1. The Bertz CT molecular complexity index is 902. The summed E-state index contributed by atoms with van der Waals surface area (Å²) in [7, 11) is 0. The van der Waals surface area contributed by atoms with Crippen LogP contribution in [0.1, 0.15) is 30.4 Å². The SMILES string of the molecule is C#C[C@]1(O)[C@H](O)[C@@H](CO)O[C@H]1n1cc(C(=O)C(C)C)c2c(O)ncnc21. The molecule has 0 bridgehead atoms. The number of aliphatic hydroxyl groups excluding tert-OH is 2. The van der Waals surface area contributed by atoms with Gasteiger partial charge in [0, 0.05) is 12.1 Å². The predicted molar refractivity (Wildman–Crippen MR) is 89.1 cm³/mol. The van der Waals surface area contributed by atoms with Crippen LogP contribution >= 0.6 is 0 Å². The molecule has 1 fully saturated rings. The number of aromatic hydroxyl groups is 1. The lowest BCUT2D eigenvalue weighted by atomic mass is 9.95. The van der Waals surface area contributed by atoms with E-state index in [9.17, 15) is 25.2 Å². The Kier molecular flexibility index (Phi) is 4.46. The first-order valence-electron chi connectivity index (χ1n) is 7.99. The number of terminal acetylenes is 1. The zero-order chi connectivity index (χ0) is 19.2. The van der Waals surface area contributed by atoms with Crippen LogP contribution in [0.25, 0.3) is 11.0 Å². The summed E-state index contributed by atoms with van der Waals surface area (Å²) in [5.41, 5.74) is -1.93. The van der Waals surface area contributed by atoms with Crippen LogP contribution in [-0.2, 0) is 4.74 Å². The van der Waals surface area contributed by atoms with Crippen molar-refractivity contribution in [2.75, 3.05) is 6.61 Å². The number of Topliss-reactive ketones (excluding diaryl/α,β-unsaturated/α-hetero) is 1. The minimum absolute atomic E-state index is 0.0936. The van der Waals surface area contributed by atoms with E-state index >= 15 is 0 Å². The van der Waals surface area contributed by atoms with Crippen LogP contribution in [0.3, 0.4) is 0 Å². The van der Waals surface area contributed by atoms with E-state index in [0.717, 1.165) is 6.33 Å². The highest BCUT2D eigenvalue weighted by molar-refractivity contribution is 6.09. The van der Waals surface area contributed by atoms with Crippen LogP contribution in [0.2, 0.25) is 0 Å². The number of aliphatic hydroxyl groups is 3. The van der Waals surface area contributed by atoms with E-state index in [1.54, 1.807) is 13.8 Å². The quantitative estimate of drug-likeness (QED) is 0.426. The second kappa shape index (κ2) is 6.34. The van der Waals surface area contributed by atoms with E-state index in [1.807, 2.05) is 0 Å². The molecule has 2 aromatic heterocycles. The molecule has 1 aliphatic rings. The van der Waals surface area contributed by atoms with E-state index in [0.29, 0.717) is 0 Å². The van der Waals surface area contributed by atoms with Crippen LogP contribution in [-0.4, -0.2) is 65.2 Å². The van der Waals surface area contributed by atoms with Crippen LogP contribution in [0, 0.1) is 18.3 Å². The van der Waals surface area contributed by atoms with Crippen molar-refractivity contribution < 1.29 is 30.0 Å².